The predicted molar refractivity (Wildman–Crippen MR) is 94.8 cm³/mol. The van der Waals surface area contributed by atoms with Crippen molar-refractivity contribution in [3.05, 3.63) is 53.7 Å². The highest BCUT2D eigenvalue weighted by atomic mass is 16.3. The van der Waals surface area contributed by atoms with Gasteiger partial charge in [-0.3, -0.25) is 9.78 Å². The molecule has 1 amide bonds. The fourth-order valence-corrected chi connectivity index (χ4v) is 3.43. The largest absolute Gasteiger partial charge is 0.396 e. The lowest BCUT2D eigenvalue weighted by Gasteiger charge is -2.35. The van der Waals surface area contributed by atoms with E-state index in [9.17, 15) is 9.90 Å². The molecule has 0 spiro atoms. The molecular formula is C20H24N2O2. The highest BCUT2D eigenvalue weighted by molar-refractivity contribution is 5.95. The summed E-state index contributed by atoms with van der Waals surface area (Å²) in [6.45, 7) is 2.78. The average Bonchev–Trinajstić information content (AvgIpc) is 2.62. The normalized spacial score (nSPS) is 17.8. The molecule has 1 aliphatic heterocycles. The van der Waals surface area contributed by atoms with Gasteiger partial charge in [0.1, 0.15) is 0 Å². The average molecular weight is 324 g/mol. The van der Waals surface area contributed by atoms with E-state index in [1.807, 2.05) is 54.3 Å². The molecule has 1 aromatic heterocycles. The first-order valence-corrected chi connectivity index (χ1v) is 8.65. The van der Waals surface area contributed by atoms with Crippen LogP contribution in [0.3, 0.4) is 0 Å². The van der Waals surface area contributed by atoms with Gasteiger partial charge in [-0.05, 0) is 44.7 Å². The highest BCUT2D eigenvalue weighted by Crippen LogP contribution is 2.24. The molecule has 0 aliphatic carbocycles. The number of piperidine rings is 1. The van der Waals surface area contributed by atoms with Crippen LogP contribution in [0.2, 0.25) is 0 Å². The zero-order chi connectivity index (χ0) is 16.9. The minimum atomic E-state index is 0.0396. The summed E-state index contributed by atoms with van der Waals surface area (Å²) in [7, 11) is 0. The Kier molecular flexibility index (Phi) is 5.26. The molecule has 0 saturated carbocycles. The van der Waals surface area contributed by atoms with Gasteiger partial charge in [-0.15, -0.1) is 0 Å². The Balaban J connectivity index is 1.85. The zero-order valence-corrected chi connectivity index (χ0v) is 14.1. The first kappa shape index (κ1) is 16.7. The van der Waals surface area contributed by atoms with Gasteiger partial charge in [0.15, 0.2) is 0 Å². The summed E-state index contributed by atoms with van der Waals surface area (Å²) in [5, 5.41) is 9.26. The summed E-state index contributed by atoms with van der Waals surface area (Å²) in [4.78, 5) is 19.5. The van der Waals surface area contributed by atoms with Crippen LogP contribution in [0.4, 0.5) is 0 Å². The topological polar surface area (TPSA) is 53.4 Å². The first-order valence-electron chi connectivity index (χ1n) is 8.65. The van der Waals surface area contributed by atoms with E-state index in [-0.39, 0.29) is 18.6 Å². The molecule has 2 aromatic rings. The van der Waals surface area contributed by atoms with Crippen LogP contribution in [0.5, 0.6) is 0 Å². The van der Waals surface area contributed by atoms with E-state index in [0.29, 0.717) is 12.0 Å². The van der Waals surface area contributed by atoms with Crippen molar-refractivity contribution in [3.8, 4) is 11.3 Å². The van der Waals surface area contributed by atoms with E-state index in [4.69, 9.17) is 0 Å². The zero-order valence-electron chi connectivity index (χ0n) is 14.1. The maximum atomic E-state index is 13.0. The molecule has 0 bridgehead atoms. The molecule has 4 heteroatoms. The Labute approximate surface area is 143 Å². The van der Waals surface area contributed by atoms with Crippen molar-refractivity contribution >= 4 is 5.91 Å². The van der Waals surface area contributed by atoms with Crippen molar-refractivity contribution in [2.75, 3.05) is 13.2 Å². The van der Waals surface area contributed by atoms with E-state index in [1.165, 1.54) is 0 Å². The van der Waals surface area contributed by atoms with Gasteiger partial charge in [-0.25, -0.2) is 0 Å². The molecule has 126 valence electrons. The summed E-state index contributed by atoms with van der Waals surface area (Å²) in [6, 6.07) is 13.9. The van der Waals surface area contributed by atoms with Gasteiger partial charge in [0, 0.05) is 24.8 Å². The number of hydrogen-bond acceptors (Lipinski definition) is 3. The molecular weight excluding hydrogens is 300 g/mol. The standard InChI is InChI=1S/C20H24N2O2/c1-15-18(10-11-19(21-15)16-7-3-2-4-8-16)20(24)22-13-6-5-9-17(22)12-14-23/h2-4,7-8,10-11,17,23H,5-6,9,12-14H2,1H3. The quantitative estimate of drug-likeness (QED) is 0.937. The van der Waals surface area contributed by atoms with E-state index in [2.05, 4.69) is 4.98 Å². The third-order valence-electron chi connectivity index (χ3n) is 4.74. The van der Waals surface area contributed by atoms with Crippen molar-refractivity contribution < 1.29 is 9.90 Å². The van der Waals surface area contributed by atoms with Crippen LogP contribution in [0.15, 0.2) is 42.5 Å². The molecule has 1 fully saturated rings. The Morgan fingerprint density at radius 1 is 1.21 bits per heavy atom. The van der Waals surface area contributed by atoms with Gasteiger partial charge >= 0.3 is 0 Å². The number of nitrogens with zero attached hydrogens (tertiary/aromatic N) is 2. The number of benzene rings is 1. The third kappa shape index (κ3) is 3.49. The Bertz CT molecular complexity index is 698. The van der Waals surface area contributed by atoms with Gasteiger partial charge in [0.05, 0.1) is 17.0 Å². The number of aliphatic hydroxyl groups is 1. The lowest BCUT2D eigenvalue weighted by Crippen LogP contribution is -2.44. The predicted octanol–water partition coefficient (Wildman–Crippen LogP) is 3.43. The van der Waals surface area contributed by atoms with Crippen LogP contribution >= 0.6 is 0 Å². The molecule has 1 unspecified atom stereocenters. The maximum absolute atomic E-state index is 13.0. The Morgan fingerprint density at radius 3 is 2.71 bits per heavy atom. The number of hydrogen-bond donors (Lipinski definition) is 1. The number of amides is 1. The lowest BCUT2D eigenvalue weighted by atomic mass is 9.98. The highest BCUT2D eigenvalue weighted by Gasteiger charge is 2.28. The van der Waals surface area contributed by atoms with Gasteiger partial charge in [-0.2, -0.15) is 0 Å². The van der Waals surface area contributed by atoms with E-state index in [1.54, 1.807) is 0 Å². The van der Waals surface area contributed by atoms with Crippen LogP contribution in [0.25, 0.3) is 11.3 Å². The number of aliphatic hydroxyl groups excluding tert-OH is 1. The fraction of sp³-hybridized carbons (Fsp3) is 0.400. The van der Waals surface area contributed by atoms with Gasteiger partial charge < -0.3 is 10.0 Å². The first-order chi connectivity index (χ1) is 11.7. The number of likely N-dealkylation sites (tertiary alicyclic amines) is 1. The molecule has 1 atom stereocenters. The second-order valence-corrected chi connectivity index (χ2v) is 6.36. The smallest absolute Gasteiger partial charge is 0.255 e. The van der Waals surface area contributed by atoms with Crippen molar-refractivity contribution in [1.29, 1.82) is 0 Å². The second-order valence-electron chi connectivity index (χ2n) is 6.36. The molecule has 1 N–H and O–H groups in total. The molecule has 0 radical (unpaired) electrons. The number of carbonyl (C=O) groups excluding carboxylic acids is 1. The maximum Gasteiger partial charge on any atom is 0.255 e. The van der Waals surface area contributed by atoms with Crippen molar-refractivity contribution in [2.24, 2.45) is 0 Å². The minimum absolute atomic E-state index is 0.0396. The van der Waals surface area contributed by atoms with Crippen LogP contribution in [-0.2, 0) is 0 Å². The summed E-state index contributed by atoms with van der Waals surface area (Å²) in [5.74, 6) is 0.0396. The van der Waals surface area contributed by atoms with Crippen molar-refractivity contribution in [3.63, 3.8) is 0 Å². The molecule has 24 heavy (non-hydrogen) atoms. The van der Waals surface area contributed by atoms with E-state index in [0.717, 1.165) is 42.8 Å². The van der Waals surface area contributed by atoms with E-state index < -0.39 is 0 Å². The summed E-state index contributed by atoms with van der Waals surface area (Å²) in [5.41, 5.74) is 3.36. The number of aromatic nitrogens is 1. The van der Waals surface area contributed by atoms with Crippen molar-refractivity contribution in [2.45, 2.75) is 38.6 Å². The second kappa shape index (κ2) is 7.58. The summed E-state index contributed by atoms with van der Waals surface area (Å²) in [6.07, 6.45) is 3.78. The molecule has 1 saturated heterocycles. The number of pyridine rings is 1. The third-order valence-corrected chi connectivity index (χ3v) is 4.74. The van der Waals surface area contributed by atoms with Crippen LogP contribution in [0, 0.1) is 6.92 Å². The summed E-state index contributed by atoms with van der Waals surface area (Å²) < 4.78 is 0. The SMILES string of the molecule is Cc1nc(-c2ccccc2)ccc1C(=O)N1CCCCC1CCO. The molecule has 4 nitrogen and oxygen atoms in total. The number of rotatable bonds is 4. The van der Waals surface area contributed by atoms with E-state index >= 15 is 0 Å². The van der Waals surface area contributed by atoms with Crippen LogP contribution in [0.1, 0.15) is 41.7 Å². The minimum Gasteiger partial charge on any atom is -0.396 e. The molecule has 2 heterocycles. The van der Waals surface area contributed by atoms with Crippen LogP contribution in [-0.4, -0.2) is 40.1 Å². The fourth-order valence-electron chi connectivity index (χ4n) is 3.43. The summed E-state index contributed by atoms with van der Waals surface area (Å²) >= 11 is 0. The lowest BCUT2D eigenvalue weighted by molar-refractivity contribution is 0.0573. The molecule has 1 aromatic carbocycles. The number of aryl methyl sites for hydroxylation is 1. The Morgan fingerprint density at radius 2 is 2.00 bits per heavy atom. The molecule has 1 aliphatic rings. The van der Waals surface area contributed by atoms with Crippen LogP contribution < -0.4 is 0 Å². The van der Waals surface area contributed by atoms with Gasteiger partial charge in [0.25, 0.3) is 5.91 Å². The molecule has 3 rings (SSSR count). The van der Waals surface area contributed by atoms with Crippen molar-refractivity contribution in [1.82, 2.24) is 9.88 Å². The Hall–Kier alpha value is -2.20. The monoisotopic (exact) mass is 324 g/mol. The van der Waals surface area contributed by atoms with Gasteiger partial charge in [-0.1, -0.05) is 30.3 Å². The van der Waals surface area contributed by atoms with Gasteiger partial charge in [0.2, 0.25) is 0 Å². The number of carbonyl (C=O) groups is 1.